The molecule has 1 aromatic carbocycles. The molecule has 0 atom stereocenters. The summed E-state index contributed by atoms with van der Waals surface area (Å²) in [6, 6.07) is 2.44. The van der Waals surface area contributed by atoms with E-state index >= 15 is 0 Å². The van der Waals surface area contributed by atoms with Gasteiger partial charge in [0.25, 0.3) is 0 Å². The molecule has 0 saturated heterocycles. The standard InChI is InChI=1S/C13H21BrFN3O2S/c1-3-6-18(4-2)7-5-17-21(19,20)12-9-10(16)8-11(14)13(12)15/h8-9,17H,3-7,16H2,1-2H3. The number of benzene rings is 1. The predicted octanol–water partition coefficient (Wildman–Crippen LogP) is 2.18. The monoisotopic (exact) mass is 381 g/mol. The largest absolute Gasteiger partial charge is 0.399 e. The van der Waals surface area contributed by atoms with Crippen LogP contribution in [0, 0.1) is 5.82 Å². The van der Waals surface area contributed by atoms with Crippen molar-refractivity contribution >= 4 is 31.6 Å². The zero-order chi connectivity index (χ0) is 16.0. The molecule has 0 aromatic heterocycles. The van der Waals surface area contributed by atoms with Crippen molar-refractivity contribution in [2.45, 2.75) is 25.2 Å². The van der Waals surface area contributed by atoms with Gasteiger partial charge in [-0.05, 0) is 47.6 Å². The Morgan fingerprint density at radius 3 is 2.57 bits per heavy atom. The van der Waals surface area contributed by atoms with Crippen LogP contribution < -0.4 is 10.5 Å². The van der Waals surface area contributed by atoms with Crippen LogP contribution in [0.15, 0.2) is 21.5 Å². The van der Waals surface area contributed by atoms with Crippen LogP contribution in [0.3, 0.4) is 0 Å². The van der Waals surface area contributed by atoms with Crippen LogP contribution in [0.25, 0.3) is 0 Å². The number of nitrogens with one attached hydrogen (secondary N) is 1. The van der Waals surface area contributed by atoms with Crippen LogP contribution in [0.5, 0.6) is 0 Å². The van der Waals surface area contributed by atoms with E-state index in [-0.39, 0.29) is 16.7 Å². The van der Waals surface area contributed by atoms with E-state index in [2.05, 4.69) is 32.5 Å². The number of nitrogens with two attached hydrogens (primary N) is 1. The van der Waals surface area contributed by atoms with Crippen molar-refractivity contribution in [3.8, 4) is 0 Å². The summed E-state index contributed by atoms with van der Waals surface area (Å²) < 4.78 is 40.6. The van der Waals surface area contributed by atoms with E-state index in [1.165, 1.54) is 6.07 Å². The van der Waals surface area contributed by atoms with Gasteiger partial charge in [-0.1, -0.05) is 13.8 Å². The van der Waals surface area contributed by atoms with Crippen molar-refractivity contribution < 1.29 is 12.8 Å². The Labute approximate surface area is 133 Å². The SMILES string of the molecule is CCCN(CC)CCNS(=O)(=O)c1cc(N)cc(Br)c1F. The molecule has 0 unspecified atom stereocenters. The molecule has 0 amide bonds. The second kappa shape index (κ2) is 8.07. The van der Waals surface area contributed by atoms with Crippen molar-refractivity contribution in [2.75, 3.05) is 31.9 Å². The van der Waals surface area contributed by atoms with Gasteiger partial charge >= 0.3 is 0 Å². The van der Waals surface area contributed by atoms with Crippen LogP contribution in [0.2, 0.25) is 0 Å². The number of nitrogens with zero attached hydrogens (tertiary/aromatic N) is 1. The van der Waals surface area contributed by atoms with Gasteiger partial charge in [-0.3, -0.25) is 0 Å². The van der Waals surface area contributed by atoms with Crippen LogP contribution in [-0.4, -0.2) is 39.5 Å². The number of likely N-dealkylation sites (N-methyl/N-ethyl adjacent to an activating group) is 1. The molecule has 0 fully saturated rings. The van der Waals surface area contributed by atoms with Gasteiger partial charge in [0.15, 0.2) is 5.82 Å². The highest BCUT2D eigenvalue weighted by atomic mass is 79.9. The van der Waals surface area contributed by atoms with Crippen LogP contribution >= 0.6 is 15.9 Å². The first kappa shape index (κ1) is 18.3. The maximum absolute atomic E-state index is 13.9. The lowest BCUT2D eigenvalue weighted by molar-refractivity contribution is 0.293. The molecule has 1 rings (SSSR count). The molecule has 8 heteroatoms. The maximum atomic E-state index is 13.9. The summed E-state index contributed by atoms with van der Waals surface area (Å²) in [5, 5.41) is 0. The quantitative estimate of drug-likeness (QED) is 0.676. The van der Waals surface area contributed by atoms with E-state index in [0.717, 1.165) is 25.6 Å². The summed E-state index contributed by atoms with van der Waals surface area (Å²) in [5.74, 6) is -0.836. The van der Waals surface area contributed by atoms with Gasteiger partial charge < -0.3 is 10.6 Å². The minimum absolute atomic E-state index is 0.0315. The summed E-state index contributed by atoms with van der Waals surface area (Å²) >= 11 is 2.96. The normalized spacial score (nSPS) is 12.0. The summed E-state index contributed by atoms with van der Waals surface area (Å²) in [6.07, 6.45) is 0.997. The van der Waals surface area contributed by atoms with E-state index in [4.69, 9.17) is 5.73 Å². The third-order valence-electron chi connectivity index (χ3n) is 3.01. The Hall–Kier alpha value is -0.700. The zero-order valence-electron chi connectivity index (χ0n) is 12.2. The predicted molar refractivity (Wildman–Crippen MR) is 86.1 cm³/mol. The van der Waals surface area contributed by atoms with Crippen molar-refractivity contribution in [1.82, 2.24) is 9.62 Å². The molecule has 0 aliphatic rings. The zero-order valence-corrected chi connectivity index (χ0v) is 14.6. The van der Waals surface area contributed by atoms with Crippen molar-refractivity contribution in [2.24, 2.45) is 0 Å². The number of nitrogen functional groups attached to an aromatic ring is 1. The molecule has 0 bridgehead atoms. The summed E-state index contributed by atoms with van der Waals surface area (Å²) in [6.45, 7) is 6.62. The Kier molecular flexibility index (Phi) is 7.05. The average Bonchev–Trinajstić information content (AvgIpc) is 2.41. The van der Waals surface area contributed by atoms with Gasteiger partial charge in [-0.15, -0.1) is 0 Å². The van der Waals surface area contributed by atoms with Gasteiger partial charge in [0.05, 0.1) is 4.47 Å². The molecule has 3 N–H and O–H groups in total. The van der Waals surface area contributed by atoms with E-state index in [0.29, 0.717) is 6.54 Å². The molecule has 0 spiro atoms. The first-order valence-electron chi connectivity index (χ1n) is 6.78. The molecule has 0 aliphatic heterocycles. The van der Waals surface area contributed by atoms with Crippen LogP contribution in [-0.2, 0) is 10.0 Å². The van der Waals surface area contributed by atoms with Gasteiger partial charge in [-0.25, -0.2) is 17.5 Å². The van der Waals surface area contributed by atoms with Gasteiger partial charge in [-0.2, -0.15) is 0 Å². The Morgan fingerprint density at radius 1 is 1.33 bits per heavy atom. The van der Waals surface area contributed by atoms with Crippen molar-refractivity contribution in [3.63, 3.8) is 0 Å². The van der Waals surface area contributed by atoms with E-state index < -0.39 is 20.7 Å². The maximum Gasteiger partial charge on any atom is 0.243 e. The van der Waals surface area contributed by atoms with E-state index in [1.807, 2.05) is 6.92 Å². The first-order valence-corrected chi connectivity index (χ1v) is 9.06. The second-order valence-electron chi connectivity index (χ2n) is 4.65. The Bertz CT molecular complexity index is 581. The lowest BCUT2D eigenvalue weighted by Crippen LogP contribution is -2.35. The molecule has 0 aliphatic carbocycles. The number of hydrogen-bond donors (Lipinski definition) is 2. The van der Waals surface area contributed by atoms with Crippen LogP contribution in [0.1, 0.15) is 20.3 Å². The summed E-state index contributed by atoms with van der Waals surface area (Å²) in [5.41, 5.74) is 5.75. The number of anilines is 1. The Morgan fingerprint density at radius 2 is 2.00 bits per heavy atom. The number of sulfonamides is 1. The highest BCUT2D eigenvalue weighted by molar-refractivity contribution is 9.10. The molecular weight excluding hydrogens is 361 g/mol. The van der Waals surface area contributed by atoms with Crippen molar-refractivity contribution in [1.29, 1.82) is 0 Å². The first-order chi connectivity index (χ1) is 9.81. The lowest BCUT2D eigenvalue weighted by Gasteiger charge is -2.19. The van der Waals surface area contributed by atoms with Gasteiger partial charge in [0.1, 0.15) is 4.90 Å². The minimum Gasteiger partial charge on any atom is -0.399 e. The second-order valence-corrected chi connectivity index (χ2v) is 7.24. The molecule has 120 valence electrons. The van der Waals surface area contributed by atoms with Crippen LogP contribution in [0.4, 0.5) is 10.1 Å². The minimum atomic E-state index is -3.92. The van der Waals surface area contributed by atoms with Gasteiger partial charge in [0, 0.05) is 18.8 Å². The average molecular weight is 382 g/mol. The van der Waals surface area contributed by atoms with Gasteiger partial charge in [0.2, 0.25) is 10.0 Å². The molecular formula is C13H21BrFN3O2S. The molecule has 5 nitrogen and oxygen atoms in total. The number of rotatable bonds is 8. The highest BCUT2D eigenvalue weighted by Crippen LogP contribution is 2.25. The molecule has 0 saturated carbocycles. The van der Waals surface area contributed by atoms with E-state index in [9.17, 15) is 12.8 Å². The fourth-order valence-electron chi connectivity index (χ4n) is 1.94. The smallest absolute Gasteiger partial charge is 0.243 e. The topological polar surface area (TPSA) is 75.4 Å². The Balaban J connectivity index is 2.79. The third kappa shape index (κ3) is 5.21. The lowest BCUT2D eigenvalue weighted by atomic mass is 10.3. The highest BCUT2D eigenvalue weighted by Gasteiger charge is 2.21. The number of halogens is 2. The molecule has 0 heterocycles. The fraction of sp³-hybridized carbons (Fsp3) is 0.538. The summed E-state index contributed by atoms with van der Waals surface area (Å²) in [7, 11) is -3.92. The molecule has 1 aromatic rings. The number of hydrogen-bond acceptors (Lipinski definition) is 4. The third-order valence-corrected chi connectivity index (χ3v) is 5.05. The van der Waals surface area contributed by atoms with E-state index in [1.54, 1.807) is 0 Å². The molecule has 21 heavy (non-hydrogen) atoms. The van der Waals surface area contributed by atoms with Crippen molar-refractivity contribution in [3.05, 3.63) is 22.4 Å². The fourth-order valence-corrected chi connectivity index (χ4v) is 3.70. The summed E-state index contributed by atoms with van der Waals surface area (Å²) in [4.78, 5) is 1.68. The molecule has 0 radical (unpaired) electrons.